The van der Waals surface area contributed by atoms with E-state index < -0.39 is 5.54 Å². The molecule has 1 N–H and O–H groups in total. The molecule has 0 saturated carbocycles. The van der Waals surface area contributed by atoms with Gasteiger partial charge in [0, 0.05) is 18.4 Å². The predicted molar refractivity (Wildman–Crippen MR) is 78.1 cm³/mol. The van der Waals surface area contributed by atoms with Gasteiger partial charge in [0.15, 0.2) is 0 Å². The Kier molecular flexibility index (Phi) is 2.53. The summed E-state index contributed by atoms with van der Waals surface area (Å²) in [4.78, 5) is 26.3. The number of nitrogens with zero attached hydrogens (tertiary/aromatic N) is 1. The minimum atomic E-state index is -0.881. The van der Waals surface area contributed by atoms with Crippen molar-refractivity contribution in [2.24, 2.45) is 0 Å². The number of benzene rings is 2. The van der Waals surface area contributed by atoms with Crippen LogP contribution in [0, 0.1) is 0 Å². The number of ether oxygens (including phenoxy) is 1. The first-order chi connectivity index (χ1) is 10.2. The summed E-state index contributed by atoms with van der Waals surface area (Å²) in [6.45, 7) is 0.744. The summed E-state index contributed by atoms with van der Waals surface area (Å²) in [6, 6.07) is 13.0. The highest BCUT2D eigenvalue weighted by atomic mass is 16.5. The molecule has 2 fully saturated rings. The number of carbonyl (C=O) groups excluding carboxylic acids is 2. The monoisotopic (exact) mass is 282 g/mol. The second-order valence-electron chi connectivity index (χ2n) is 5.45. The summed E-state index contributed by atoms with van der Waals surface area (Å²) in [5.74, 6) is -0.221. The zero-order valence-electron chi connectivity index (χ0n) is 11.3. The molecule has 1 unspecified atom stereocenters. The van der Waals surface area contributed by atoms with Crippen molar-refractivity contribution in [3.8, 4) is 0 Å². The van der Waals surface area contributed by atoms with Gasteiger partial charge in [-0.3, -0.25) is 4.79 Å². The van der Waals surface area contributed by atoms with Crippen LogP contribution in [0.25, 0.3) is 10.8 Å². The average molecular weight is 282 g/mol. The van der Waals surface area contributed by atoms with Crippen molar-refractivity contribution in [1.82, 2.24) is 5.32 Å². The standard InChI is InChI=1S/C16H14N2O3/c19-14-16(8-9-21-10-16)17-15(20)18(14)13-7-3-5-11-4-1-2-6-12(11)13/h1-7H,8-10H2,(H,17,20). The summed E-state index contributed by atoms with van der Waals surface area (Å²) < 4.78 is 5.31. The van der Waals surface area contributed by atoms with E-state index in [2.05, 4.69) is 5.32 Å². The van der Waals surface area contributed by atoms with E-state index >= 15 is 0 Å². The third-order valence-electron chi connectivity index (χ3n) is 4.19. The van der Waals surface area contributed by atoms with Gasteiger partial charge in [-0.25, -0.2) is 9.69 Å². The van der Waals surface area contributed by atoms with Crippen molar-refractivity contribution >= 4 is 28.4 Å². The van der Waals surface area contributed by atoms with E-state index in [9.17, 15) is 9.59 Å². The molecule has 0 aromatic heterocycles. The lowest BCUT2D eigenvalue weighted by molar-refractivity contribution is -0.122. The van der Waals surface area contributed by atoms with Gasteiger partial charge in [0.25, 0.3) is 5.91 Å². The van der Waals surface area contributed by atoms with Crippen molar-refractivity contribution in [3.63, 3.8) is 0 Å². The van der Waals surface area contributed by atoms with Crippen LogP contribution in [0.3, 0.4) is 0 Å². The third-order valence-corrected chi connectivity index (χ3v) is 4.19. The number of amides is 3. The van der Waals surface area contributed by atoms with Crippen LogP contribution >= 0.6 is 0 Å². The van der Waals surface area contributed by atoms with E-state index in [1.807, 2.05) is 36.4 Å². The van der Waals surface area contributed by atoms with Crippen molar-refractivity contribution < 1.29 is 14.3 Å². The highest BCUT2D eigenvalue weighted by Crippen LogP contribution is 2.34. The second kappa shape index (κ2) is 4.30. The highest BCUT2D eigenvalue weighted by molar-refractivity contribution is 6.26. The van der Waals surface area contributed by atoms with Crippen LogP contribution in [0.5, 0.6) is 0 Å². The third kappa shape index (κ3) is 1.67. The van der Waals surface area contributed by atoms with Crippen molar-refractivity contribution in [3.05, 3.63) is 42.5 Å². The zero-order valence-corrected chi connectivity index (χ0v) is 11.3. The smallest absolute Gasteiger partial charge is 0.329 e. The molecule has 1 atom stereocenters. The molecule has 3 amide bonds. The summed E-state index contributed by atoms with van der Waals surface area (Å²) in [5, 5.41) is 4.69. The van der Waals surface area contributed by atoms with E-state index in [1.165, 1.54) is 4.90 Å². The SMILES string of the molecule is O=C1NC2(CCOC2)C(=O)N1c1cccc2ccccc12. The lowest BCUT2D eigenvalue weighted by atomic mass is 9.98. The number of imide groups is 1. The molecule has 2 heterocycles. The van der Waals surface area contributed by atoms with E-state index in [4.69, 9.17) is 4.74 Å². The molecule has 4 rings (SSSR count). The molecule has 2 saturated heterocycles. The predicted octanol–water partition coefficient (Wildman–Crippen LogP) is 2.06. The fourth-order valence-electron chi connectivity index (χ4n) is 3.07. The number of nitrogens with one attached hydrogen (secondary N) is 1. The van der Waals surface area contributed by atoms with E-state index in [0.29, 0.717) is 18.7 Å². The molecule has 5 nitrogen and oxygen atoms in total. The molecular weight excluding hydrogens is 268 g/mol. The average Bonchev–Trinajstić information content (AvgIpc) is 3.06. The van der Waals surface area contributed by atoms with Gasteiger partial charge in [-0.1, -0.05) is 36.4 Å². The zero-order chi connectivity index (χ0) is 14.4. The molecule has 0 radical (unpaired) electrons. The Morgan fingerprint density at radius 2 is 1.90 bits per heavy atom. The van der Waals surface area contributed by atoms with Crippen LogP contribution in [0.1, 0.15) is 6.42 Å². The van der Waals surface area contributed by atoms with Crippen LogP contribution in [0.15, 0.2) is 42.5 Å². The maximum absolute atomic E-state index is 12.7. The minimum Gasteiger partial charge on any atom is -0.378 e. The molecule has 2 aliphatic rings. The molecule has 106 valence electrons. The maximum atomic E-state index is 12.7. The first kappa shape index (κ1) is 12.3. The van der Waals surface area contributed by atoms with Gasteiger partial charge in [-0.05, 0) is 11.5 Å². The topological polar surface area (TPSA) is 58.6 Å². The number of hydrogen-bond donors (Lipinski definition) is 1. The lowest BCUT2D eigenvalue weighted by Gasteiger charge is -2.19. The van der Waals surface area contributed by atoms with Crippen LogP contribution in [-0.2, 0) is 9.53 Å². The largest absolute Gasteiger partial charge is 0.378 e. The normalized spacial score (nSPS) is 25.0. The van der Waals surface area contributed by atoms with Crippen LogP contribution in [-0.4, -0.2) is 30.7 Å². The summed E-state index contributed by atoms with van der Waals surface area (Å²) in [5.41, 5.74) is -0.257. The van der Waals surface area contributed by atoms with Gasteiger partial charge in [0.2, 0.25) is 0 Å². The molecule has 2 aromatic rings. The molecule has 5 heteroatoms. The fourth-order valence-corrected chi connectivity index (χ4v) is 3.07. The molecule has 0 aliphatic carbocycles. The molecule has 21 heavy (non-hydrogen) atoms. The van der Waals surface area contributed by atoms with Gasteiger partial charge in [-0.15, -0.1) is 0 Å². The molecule has 2 aliphatic heterocycles. The van der Waals surface area contributed by atoms with Gasteiger partial charge in [-0.2, -0.15) is 0 Å². The van der Waals surface area contributed by atoms with Crippen molar-refractivity contribution in [2.75, 3.05) is 18.1 Å². The van der Waals surface area contributed by atoms with E-state index in [-0.39, 0.29) is 18.5 Å². The maximum Gasteiger partial charge on any atom is 0.329 e. The van der Waals surface area contributed by atoms with Gasteiger partial charge < -0.3 is 10.1 Å². The number of anilines is 1. The Bertz CT molecular complexity index is 745. The van der Waals surface area contributed by atoms with Crippen LogP contribution < -0.4 is 10.2 Å². The van der Waals surface area contributed by atoms with Crippen molar-refractivity contribution in [2.45, 2.75) is 12.0 Å². The summed E-state index contributed by atoms with van der Waals surface area (Å²) >= 11 is 0. The first-order valence-electron chi connectivity index (χ1n) is 6.93. The van der Waals surface area contributed by atoms with Crippen LogP contribution in [0.2, 0.25) is 0 Å². The number of urea groups is 1. The number of fused-ring (bicyclic) bond motifs is 1. The first-order valence-corrected chi connectivity index (χ1v) is 6.93. The Labute approximate surface area is 121 Å². The van der Waals surface area contributed by atoms with Crippen molar-refractivity contribution in [1.29, 1.82) is 0 Å². The van der Waals surface area contributed by atoms with Gasteiger partial charge in [0.05, 0.1) is 12.3 Å². The Balaban J connectivity index is 1.85. The fraction of sp³-hybridized carbons (Fsp3) is 0.250. The highest BCUT2D eigenvalue weighted by Gasteiger charge is 2.54. The van der Waals surface area contributed by atoms with Crippen LogP contribution in [0.4, 0.5) is 10.5 Å². The minimum absolute atomic E-state index is 0.221. The quantitative estimate of drug-likeness (QED) is 0.814. The number of hydrogen-bond acceptors (Lipinski definition) is 3. The molecule has 2 aromatic carbocycles. The molecule has 0 bridgehead atoms. The second-order valence-corrected chi connectivity index (χ2v) is 5.45. The Hall–Kier alpha value is -2.40. The summed E-state index contributed by atoms with van der Waals surface area (Å²) in [6.07, 6.45) is 0.527. The number of carbonyl (C=O) groups is 2. The molecule has 1 spiro atoms. The van der Waals surface area contributed by atoms with E-state index in [1.54, 1.807) is 6.07 Å². The Morgan fingerprint density at radius 1 is 1.10 bits per heavy atom. The summed E-state index contributed by atoms with van der Waals surface area (Å²) in [7, 11) is 0. The number of rotatable bonds is 1. The van der Waals surface area contributed by atoms with Gasteiger partial charge in [0.1, 0.15) is 5.54 Å². The lowest BCUT2D eigenvalue weighted by Crippen LogP contribution is -2.47. The Morgan fingerprint density at radius 3 is 2.71 bits per heavy atom. The molecular formula is C16H14N2O3. The van der Waals surface area contributed by atoms with Gasteiger partial charge >= 0.3 is 6.03 Å². The van der Waals surface area contributed by atoms with E-state index in [0.717, 1.165) is 10.8 Å².